The lowest BCUT2D eigenvalue weighted by molar-refractivity contribution is 0.100. The largest absolute Gasteiger partial charge is 0.380 e. The summed E-state index contributed by atoms with van der Waals surface area (Å²) < 4.78 is 0. The van der Waals surface area contributed by atoms with Crippen molar-refractivity contribution in [3.63, 3.8) is 0 Å². The van der Waals surface area contributed by atoms with Crippen molar-refractivity contribution in [2.45, 2.75) is 32.5 Å². The van der Waals surface area contributed by atoms with E-state index in [1.165, 1.54) is 11.9 Å². The van der Waals surface area contributed by atoms with Gasteiger partial charge in [-0.3, -0.25) is 4.79 Å². The molecule has 3 aromatic rings. The van der Waals surface area contributed by atoms with Gasteiger partial charge in [0.2, 0.25) is 0 Å². The molecule has 1 aliphatic heterocycles. The first-order valence-corrected chi connectivity index (χ1v) is 10.9. The number of pyridine rings is 1. The van der Waals surface area contributed by atoms with Gasteiger partial charge < -0.3 is 26.6 Å². The Hall–Kier alpha value is -3.58. The Balaban J connectivity index is 1.47. The molecule has 1 fully saturated rings. The summed E-state index contributed by atoms with van der Waals surface area (Å²) >= 11 is 0. The van der Waals surface area contributed by atoms with E-state index in [9.17, 15) is 4.79 Å². The Morgan fingerprint density at radius 3 is 2.44 bits per heavy atom. The van der Waals surface area contributed by atoms with Gasteiger partial charge in [0.1, 0.15) is 5.82 Å². The molecule has 0 aliphatic carbocycles. The Bertz CT molecular complexity index is 1040. The Labute approximate surface area is 189 Å². The predicted octanol–water partition coefficient (Wildman–Crippen LogP) is 3.72. The fraction of sp³-hybridized carbons (Fsp3) is 0.280. The van der Waals surface area contributed by atoms with Crippen LogP contribution < -0.4 is 26.6 Å². The van der Waals surface area contributed by atoms with Crippen LogP contribution in [0.15, 0.2) is 66.9 Å². The summed E-state index contributed by atoms with van der Waals surface area (Å²) in [6.07, 6.45) is 1.51. The third-order valence-electron chi connectivity index (χ3n) is 5.56. The number of hydrogen-bond donors (Lipinski definition) is 4. The summed E-state index contributed by atoms with van der Waals surface area (Å²) in [5, 5.41) is 10.2. The highest BCUT2D eigenvalue weighted by Crippen LogP contribution is 2.25. The number of hydrogen-bond acceptors (Lipinski definition) is 6. The molecular formula is C25H30N6O. The van der Waals surface area contributed by atoms with E-state index >= 15 is 0 Å². The zero-order chi connectivity index (χ0) is 22.5. The fourth-order valence-corrected chi connectivity index (χ4v) is 4.10. The maximum Gasteiger partial charge on any atom is 0.252 e. The van der Waals surface area contributed by atoms with Crippen molar-refractivity contribution >= 4 is 28.8 Å². The number of carbonyl (C=O) groups excluding carboxylic acids is 1. The molecule has 2 atom stereocenters. The molecule has 4 rings (SSSR count). The molecule has 0 saturated carbocycles. The number of aromatic nitrogens is 1. The van der Waals surface area contributed by atoms with Gasteiger partial charge in [0.05, 0.1) is 11.3 Å². The molecule has 7 nitrogen and oxygen atoms in total. The van der Waals surface area contributed by atoms with E-state index in [-0.39, 0.29) is 0 Å². The van der Waals surface area contributed by atoms with E-state index < -0.39 is 5.91 Å². The summed E-state index contributed by atoms with van der Waals surface area (Å²) in [4.78, 5) is 18.6. The standard InChI is InChI=1S/C25H30N6O/c1-17-15-31(16-18(2)29-17)21-10-8-20(9-11-21)30-24-12-23(22(14-28-24)25(26)32)27-13-19-6-4-3-5-7-19/h3-12,14,17-18,29H,13,15-16H2,1-2H3,(H2,26,32)(H2,27,28,30)/t17-,18+. The second-order valence-electron chi connectivity index (χ2n) is 8.36. The van der Waals surface area contributed by atoms with Crippen LogP contribution in [0.1, 0.15) is 29.8 Å². The predicted molar refractivity (Wildman–Crippen MR) is 131 cm³/mol. The highest BCUT2D eigenvalue weighted by atomic mass is 16.1. The van der Waals surface area contributed by atoms with Crippen LogP contribution in [0.3, 0.4) is 0 Å². The van der Waals surface area contributed by atoms with E-state index in [0.717, 1.165) is 24.3 Å². The first kappa shape index (κ1) is 21.6. The summed E-state index contributed by atoms with van der Waals surface area (Å²) in [5.41, 5.74) is 9.81. The first-order chi connectivity index (χ1) is 15.5. The van der Waals surface area contributed by atoms with Crippen molar-refractivity contribution in [3.05, 3.63) is 78.0 Å². The molecule has 0 bridgehead atoms. The SMILES string of the molecule is C[C@@H]1CN(c2ccc(Nc3cc(NCc4ccccc4)c(C(N)=O)cn3)cc2)C[C@H](C)N1. The van der Waals surface area contributed by atoms with Crippen LogP contribution in [0.4, 0.5) is 22.9 Å². The molecule has 1 amide bonds. The first-order valence-electron chi connectivity index (χ1n) is 10.9. The summed E-state index contributed by atoms with van der Waals surface area (Å²) in [5.74, 6) is 0.131. The quantitative estimate of drug-likeness (QED) is 0.456. The van der Waals surface area contributed by atoms with E-state index in [4.69, 9.17) is 5.73 Å². The normalized spacial score (nSPS) is 18.2. The molecule has 0 unspecified atom stereocenters. The maximum atomic E-state index is 11.8. The number of piperazine rings is 1. The average molecular weight is 431 g/mol. The van der Waals surface area contributed by atoms with Gasteiger partial charge in [0.25, 0.3) is 5.91 Å². The number of anilines is 4. The number of primary amides is 1. The Morgan fingerprint density at radius 1 is 1.09 bits per heavy atom. The molecule has 0 radical (unpaired) electrons. The molecule has 2 aromatic carbocycles. The van der Waals surface area contributed by atoms with Crippen molar-refractivity contribution in [1.29, 1.82) is 0 Å². The number of nitrogens with zero attached hydrogens (tertiary/aromatic N) is 2. The molecule has 1 aliphatic rings. The summed E-state index contributed by atoms with van der Waals surface area (Å²) in [7, 11) is 0. The zero-order valence-electron chi connectivity index (χ0n) is 18.5. The Morgan fingerprint density at radius 2 is 1.78 bits per heavy atom. The summed E-state index contributed by atoms with van der Waals surface area (Å²) in [6.45, 7) is 6.99. The zero-order valence-corrected chi connectivity index (χ0v) is 18.5. The van der Waals surface area contributed by atoms with Crippen molar-refractivity contribution in [1.82, 2.24) is 10.3 Å². The Kier molecular flexibility index (Phi) is 6.56. The van der Waals surface area contributed by atoms with Crippen molar-refractivity contribution in [2.24, 2.45) is 5.73 Å². The van der Waals surface area contributed by atoms with Crippen LogP contribution in [0, 0.1) is 0 Å². The second kappa shape index (κ2) is 9.70. The lowest BCUT2D eigenvalue weighted by Crippen LogP contribution is -2.54. The molecule has 0 spiro atoms. The van der Waals surface area contributed by atoms with E-state index in [2.05, 4.69) is 51.8 Å². The van der Waals surface area contributed by atoms with Gasteiger partial charge in [0, 0.05) is 55.4 Å². The number of nitrogens with two attached hydrogens (primary N) is 1. The van der Waals surface area contributed by atoms with Gasteiger partial charge in [-0.1, -0.05) is 30.3 Å². The third kappa shape index (κ3) is 5.36. The van der Waals surface area contributed by atoms with E-state index in [0.29, 0.717) is 35.7 Å². The minimum atomic E-state index is -0.511. The minimum absolute atomic E-state index is 0.365. The molecule has 7 heteroatoms. The highest BCUT2D eigenvalue weighted by Gasteiger charge is 2.21. The molecule has 1 saturated heterocycles. The average Bonchev–Trinajstić information content (AvgIpc) is 2.78. The monoisotopic (exact) mass is 430 g/mol. The van der Waals surface area contributed by atoms with Gasteiger partial charge in [0.15, 0.2) is 0 Å². The highest BCUT2D eigenvalue weighted by molar-refractivity contribution is 5.98. The maximum absolute atomic E-state index is 11.8. The molecule has 1 aromatic heterocycles. The van der Waals surface area contributed by atoms with Crippen molar-refractivity contribution < 1.29 is 4.79 Å². The van der Waals surface area contributed by atoms with Crippen molar-refractivity contribution in [3.8, 4) is 0 Å². The third-order valence-corrected chi connectivity index (χ3v) is 5.56. The molecule has 32 heavy (non-hydrogen) atoms. The van der Waals surface area contributed by atoms with Crippen LogP contribution in [-0.2, 0) is 6.54 Å². The van der Waals surface area contributed by atoms with E-state index in [1.54, 1.807) is 0 Å². The van der Waals surface area contributed by atoms with Crippen LogP contribution >= 0.6 is 0 Å². The van der Waals surface area contributed by atoms with Gasteiger partial charge in [-0.2, -0.15) is 0 Å². The number of rotatable bonds is 7. The number of carbonyl (C=O) groups is 1. The van der Waals surface area contributed by atoms with Crippen molar-refractivity contribution in [2.75, 3.05) is 28.6 Å². The van der Waals surface area contributed by atoms with Gasteiger partial charge in [-0.15, -0.1) is 0 Å². The van der Waals surface area contributed by atoms with Crippen LogP contribution in [0.25, 0.3) is 0 Å². The smallest absolute Gasteiger partial charge is 0.252 e. The van der Waals surface area contributed by atoms with Gasteiger partial charge in [-0.25, -0.2) is 4.98 Å². The van der Waals surface area contributed by atoms with E-state index in [1.807, 2.05) is 48.5 Å². The minimum Gasteiger partial charge on any atom is -0.380 e. The molecule has 166 valence electrons. The fourth-order valence-electron chi connectivity index (χ4n) is 4.10. The lowest BCUT2D eigenvalue weighted by atomic mass is 10.1. The summed E-state index contributed by atoms with van der Waals surface area (Å²) in [6, 6.07) is 21.1. The lowest BCUT2D eigenvalue weighted by Gasteiger charge is -2.37. The van der Waals surface area contributed by atoms with Crippen LogP contribution in [0.2, 0.25) is 0 Å². The number of benzene rings is 2. The number of amides is 1. The second-order valence-corrected chi connectivity index (χ2v) is 8.36. The van der Waals surface area contributed by atoms with Crippen LogP contribution in [0.5, 0.6) is 0 Å². The number of nitrogens with one attached hydrogen (secondary N) is 3. The van der Waals surface area contributed by atoms with Crippen LogP contribution in [-0.4, -0.2) is 36.1 Å². The van der Waals surface area contributed by atoms with Gasteiger partial charge >= 0.3 is 0 Å². The molecular weight excluding hydrogens is 400 g/mol. The molecule has 2 heterocycles. The topological polar surface area (TPSA) is 95.3 Å². The molecule has 5 N–H and O–H groups in total. The van der Waals surface area contributed by atoms with Gasteiger partial charge in [-0.05, 0) is 43.7 Å².